The predicted molar refractivity (Wildman–Crippen MR) is 117 cm³/mol. The second kappa shape index (κ2) is 12.5. The SMILES string of the molecule is Fc1ccc(-c2ccccc2)cc1.NC(CC(=O)Nc1cc(F)cc(OC(F)(F)C(F)F)c1)C(F)(F)F. The molecule has 0 heterocycles. The molecule has 0 saturated carbocycles. The van der Waals surface area contributed by atoms with Crippen LogP contribution in [0.3, 0.4) is 0 Å². The van der Waals surface area contributed by atoms with E-state index in [-0.39, 0.29) is 5.82 Å². The van der Waals surface area contributed by atoms with Crippen LogP contribution < -0.4 is 15.8 Å². The van der Waals surface area contributed by atoms with Gasteiger partial charge in [0.15, 0.2) is 0 Å². The van der Waals surface area contributed by atoms with E-state index in [2.05, 4.69) is 4.74 Å². The maximum absolute atomic E-state index is 13.2. The van der Waals surface area contributed by atoms with E-state index in [1.807, 2.05) is 30.3 Å². The molecule has 1 amide bonds. The number of alkyl halides is 7. The van der Waals surface area contributed by atoms with Gasteiger partial charge in [-0.3, -0.25) is 4.79 Å². The fourth-order valence-corrected chi connectivity index (χ4v) is 2.70. The number of carbonyl (C=O) groups is 1. The summed E-state index contributed by atoms with van der Waals surface area (Å²) in [5.74, 6) is -3.81. The number of ether oxygens (including phenoxy) is 1. The van der Waals surface area contributed by atoms with Gasteiger partial charge in [0.25, 0.3) is 0 Å². The summed E-state index contributed by atoms with van der Waals surface area (Å²) < 4.78 is 116. The summed E-state index contributed by atoms with van der Waals surface area (Å²) in [6.07, 6.45) is -15.2. The zero-order valence-corrected chi connectivity index (χ0v) is 18.6. The van der Waals surface area contributed by atoms with Crippen molar-refractivity contribution in [2.45, 2.75) is 31.2 Å². The van der Waals surface area contributed by atoms with Gasteiger partial charge in [-0.15, -0.1) is 0 Å². The number of halogens is 9. The first-order valence-corrected chi connectivity index (χ1v) is 10.3. The largest absolute Gasteiger partial charge is 0.461 e. The highest BCUT2D eigenvalue weighted by atomic mass is 19.4. The van der Waals surface area contributed by atoms with Crippen molar-refractivity contribution in [1.82, 2.24) is 0 Å². The fraction of sp³-hybridized carbons (Fsp3) is 0.208. The number of anilines is 1. The van der Waals surface area contributed by atoms with Crippen LogP contribution in [0.4, 0.5) is 45.2 Å². The van der Waals surface area contributed by atoms with Crippen LogP contribution in [0.5, 0.6) is 5.75 Å². The Morgan fingerprint density at radius 2 is 1.41 bits per heavy atom. The lowest BCUT2D eigenvalue weighted by Gasteiger charge is -2.18. The first-order chi connectivity index (χ1) is 17.2. The van der Waals surface area contributed by atoms with Crippen molar-refractivity contribution in [2.75, 3.05) is 5.32 Å². The standard InChI is InChI=1S/C12H10F8N2O2.C12H9F/c13-5-1-6(22-9(23)4-8(21)11(16,17)18)3-7(2-5)24-12(19,20)10(14)15;13-12-8-6-11(7-9-12)10-4-2-1-3-5-10/h1-3,8,10H,4,21H2,(H,22,23);1-9H. The van der Waals surface area contributed by atoms with Gasteiger partial charge in [-0.2, -0.15) is 30.7 Å². The second-order valence-electron chi connectivity index (χ2n) is 7.41. The van der Waals surface area contributed by atoms with Crippen LogP contribution >= 0.6 is 0 Å². The summed E-state index contributed by atoms with van der Waals surface area (Å²) in [7, 11) is 0. The van der Waals surface area contributed by atoms with E-state index in [4.69, 9.17) is 5.73 Å². The molecule has 1 unspecified atom stereocenters. The topological polar surface area (TPSA) is 64.4 Å². The van der Waals surface area contributed by atoms with Crippen molar-refractivity contribution in [3.05, 3.63) is 84.4 Å². The molecule has 0 aromatic heterocycles. The van der Waals surface area contributed by atoms with Crippen LogP contribution in [-0.4, -0.2) is 30.7 Å². The van der Waals surface area contributed by atoms with E-state index in [1.165, 1.54) is 12.1 Å². The molecule has 3 N–H and O–H groups in total. The summed E-state index contributed by atoms with van der Waals surface area (Å²) in [4.78, 5) is 11.4. The molecule has 3 aromatic rings. The van der Waals surface area contributed by atoms with E-state index in [0.717, 1.165) is 11.1 Å². The van der Waals surface area contributed by atoms with Gasteiger partial charge in [-0.25, -0.2) is 8.78 Å². The van der Waals surface area contributed by atoms with Crippen LogP contribution in [0.2, 0.25) is 0 Å². The Hall–Kier alpha value is -3.74. The molecule has 37 heavy (non-hydrogen) atoms. The molecule has 0 aliphatic carbocycles. The van der Waals surface area contributed by atoms with Crippen molar-refractivity contribution in [3.63, 3.8) is 0 Å². The van der Waals surface area contributed by atoms with Crippen molar-refractivity contribution in [1.29, 1.82) is 0 Å². The Morgan fingerprint density at radius 1 is 0.838 bits per heavy atom. The highest BCUT2D eigenvalue weighted by Gasteiger charge is 2.44. The molecule has 3 aromatic carbocycles. The minimum Gasteiger partial charge on any atom is -0.428 e. The molecular formula is C24H19F9N2O2. The maximum atomic E-state index is 13.2. The number of hydrogen-bond acceptors (Lipinski definition) is 3. The van der Waals surface area contributed by atoms with Crippen molar-refractivity contribution in [3.8, 4) is 16.9 Å². The zero-order chi connectivity index (χ0) is 27.8. The van der Waals surface area contributed by atoms with Crippen LogP contribution in [0.15, 0.2) is 72.8 Å². The third-order valence-electron chi connectivity index (χ3n) is 4.44. The number of rotatable bonds is 7. The van der Waals surface area contributed by atoms with Gasteiger partial charge in [0.1, 0.15) is 23.4 Å². The normalized spacial score (nSPS) is 12.4. The highest BCUT2D eigenvalue weighted by Crippen LogP contribution is 2.30. The molecule has 0 aliphatic heterocycles. The van der Waals surface area contributed by atoms with Gasteiger partial charge in [-0.1, -0.05) is 42.5 Å². The van der Waals surface area contributed by atoms with E-state index >= 15 is 0 Å². The van der Waals surface area contributed by atoms with Gasteiger partial charge in [-0.05, 0) is 29.3 Å². The molecule has 4 nitrogen and oxygen atoms in total. The Morgan fingerprint density at radius 3 is 1.95 bits per heavy atom. The van der Waals surface area contributed by atoms with Crippen LogP contribution in [0.1, 0.15) is 6.42 Å². The van der Waals surface area contributed by atoms with Gasteiger partial charge >= 0.3 is 18.7 Å². The Labute approximate surface area is 204 Å². The molecular weight excluding hydrogens is 519 g/mol. The molecule has 3 rings (SSSR count). The molecule has 0 spiro atoms. The minimum atomic E-state index is -4.92. The minimum absolute atomic E-state index is 0.195. The number of hydrogen-bond donors (Lipinski definition) is 2. The number of benzene rings is 3. The molecule has 0 radical (unpaired) electrons. The van der Waals surface area contributed by atoms with Crippen molar-refractivity contribution < 1.29 is 49.0 Å². The van der Waals surface area contributed by atoms with Crippen molar-refractivity contribution in [2.24, 2.45) is 5.73 Å². The molecule has 0 fully saturated rings. The quantitative estimate of drug-likeness (QED) is 0.326. The van der Waals surface area contributed by atoms with Crippen LogP contribution in [-0.2, 0) is 4.79 Å². The molecule has 1 atom stereocenters. The van der Waals surface area contributed by atoms with E-state index in [1.54, 1.807) is 17.4 Å². The van der Waals surface area contributed by atoms with Crippen molar-refractivity contribution >= 4 is 11.6 Å². The van der Waals surface area contributed by atoms with E-state index in [0.29, 0.717) is 18.2 Å². The molecule has 0 saturated heterocycles. The average Bonchev–Trinajstić information content (AvgIpc) is 2.79. The van der Waals surface area contributed by atoms with Gasteiger partial charge < -0.3 is 15.8 Å². The fourth-order valence-electron chi connectivity index (χ4n) is 2.70. The molecule has 0 aliphatic rings. The number of amides is 1. The lowest BCUT2D eigenvalue weighted by molar-refractivity contribution is -0.253. The second-order valence-corrected chi connectivity index (χ2v) is 7.41. The van der Waals surface area contributed by atoms with Gasteiger partial charge in [0.05, 0.1) is 6.42 Å². The zero-order valence-electron chi connectivity index (χ0n) is 18.6. The van der Waals surface area contributed by atoms with E-state index < -0.39 is 54.3 Å². The summed E-state index contributed by atoms with van der Waals surface area (Å²) in [5.41, 5.74) is 6.30. The van der Waals surface area contributed by atoms with Gasteiger partial charge in [0.2, 0.25) is 5.91 Å². The third kappa shape index (κ3) is 9.67. The van der Waals surface area contributed by atoms with Crippen LogP contribution in [0, 0.1) is 11.6 Å². The number of nitrogens with one attached hydrogen (secondary N) is 1. The first kappa shape index (κ1) is 29.5. The predicted octanol–water partition coefficient (Wildman–Crippen LogP) is 6.77. The summed E-state index contributed by atoms with van der Waals surface area (Å²) >= 11 is 0. The number of carbonyl (C=O) groups excluding carboxylic acids is 1. The first-order valence-electron chi connectivity index (χ1n) is 10.3. The Bertz CT molecular complexity index is 1160. The highest BCUT2D eigenvalue weighted by molar-refractivity contribution is 5.91. The Kier molecular flexibility index (Phi) is 9.95. The van der Waals surface area contributed by atoms with Gasteiger partial charge in [0, 0.05) is 17.8 Å². The van der Waals surface area contributed by atoms with E-state index in [9.17, 15) is 44.3 Å². The smallest absolute Gasteiger partial charge is 0.428 e. The summed E-state index contributed by atoms with van der Waals surface area (Å²) in [6, 6.07) is 15.4. The lowest BCUT2D eigenvalue weighted by Crippen LogP contribution is -2.40. The average molecular weight is 538 g/mol. The number of nitrogens with two attached hydrogens (primary N) is 1. The lowest BCUT2D eigenvalue weighted by atomic mass is 10.1. The summed E-state index contributed by atoms with van der Waals surface area (Å²) in [5, 5.41) is 1.77. The maximum Gasteiger partial charge on any atom is 0.461 e. The molecule has 0 bridgehead atoms. The van der Waals surface area contributed by atoms with Crippen LogP contribution in [0.25, 0.3) is 11.1 Å². The molecule has 13 heteroatoms. The Balaban J connectivity index is 0.000000308. The molecule has 200 valence electrons. The monoisotopic (exact) mass is 538 g/mol. The third-order valence-corrected chi connectivity index (χ3v) is 4.44. The summed E-state index contributed by atoms with van der Waals surface area (Å²) in [6.45, 7) is 0.